The van der Waals surface area contributed by atoms with Crippen molar-refractivity contribution in [1.29, 1.82) is 0 Å². The lowest BCUT2D eigenvalue weighted by molar-refractivity contribution is -0.116. The molecule has 0 radical (unpaired) electrons. The molecule has 8 heteroatoms. The van der Waals surface area contributed by atoms with Crippen molar-refractivity contribution < 1.29 is 17.2 Å². The highest BCUT2D eigenvalue weighted by molar-refractivity contribution is 7.89. The number of primary sulfonamides is 1. The molecular formula is C15H21F2N3O2S. The second kappa shape index (κ2) is 5.99. The van der Waals surface area contributed by atoms with Crippen molar-refractivity contribution in [1.82, 2.24) is 4.90 Å². The Morgan fingerprint density at radius 3 is 2.13 bits per heavy atom. The number of nitrogens with two attached hydrogens (primary N) is 1. The number of hydrogen-bond acceptors (Lipinski definition) is 4. The molecule has 23 heavy (non-hydrogen) atoms. The highest BCUT2D eigenvalue weighted by Gasteiger charge is 2.45. The maximum Gasteiger partial charge on any atom is 0.248 e. The van der Waals surface area contributed by atoms with Crippen LogP contribution >= 0.6 is 0 Å². The third kappa shape index (κ3) is 3.99. The molecule has 1 aromatic rings. The van der Waals surface area contributed by atoms with E-state index in [0.717, 1.165) is 38.4 Å². The fourth-order valence-electron chi connectivity index (χ4n) is 3.31. The van der Waals surface area contributed by atoms with E-state index in [1.165, 1.54) is 12.1 Å². The molecule has 1 aliphatic heterocycles. The van der Waals surface area contributed by atoms with Crippen LogP contribution in [0.25, 0.3) is 0 Å². The van der Waals surface area contributed by atoms with Gasteiger partial charge in [0.2, 0.25) is 15.9 Å². The lowest BCUT2D eigenvalue weighted by atomic mass is 9.81. The summed E-state index contributed by atoms with van der Waals surface area (Å²) in [7, 11) is -3.67. The van der Waals surface area contributed by atoms with Gasteiger partial charge in [-0.15, -0.1) is 0 Å². The largest absolute Gasteiger partial charge is 0.369 e. The number of benzene rings is 1. The molecule has 0 aromatic heterocycles. The molecule has 5 nitrogen and oxygen atoms in total. The maximum atomic E-state index is 12.9. The minimum atomic E-state index is -3.67. The highest BCUT2D eigenvalue weighted by Crippen LogP contribution is 2.42. The Bertz CT molecular complexity index is 648. The Hall–Kier alpha value is -1.25. The normalized spacial score (nSPS) is 22.8. The number of anilines is 1. The van der Waals surface area contributed by atoms with Crippen LogP contribution in [0.1, 0.15) is 12.8 Å². The molecule has 0 bridgehead atoms. The molecule has 3 rings (SSSR count). The van der Waals surface area contributed by atoms with Crippen molar-refractivity contribution in [3.8, 4) is 0 Å². The summed E-state index contributed by atoms with van der Waals surface area (Å²) >= 11 is 0. The van der Waals surface area contributed by atoms with E-state index in [4.69, 9.17) is 5.14 Å². The molecule has 1 saturated heterocycles. The van der Waals surface area contributed by atoms with E-state index in [-0.39, 0.29) is 23.7 Å². The molecule has 0 unspecified atom stereocenters. The molecule has 2 N–H and O–H groups in total. The number of alkyl halides is 2. The minimum absolute atomic E-state index is 0.0161. The predicted octanol–water partition coefficient (Wildman–Crippen LogP) is 1.50. The quantitative estimate of drug-likeness (QED) is 0.898. The van der Waals surface area contributed by atoms with Crippen LogP contribution in [0.15, 0.2) is 29.2 Å². The van der Waals surface area contributed by atoms with Crippen LogP contribution in [0, 0.1) is 5.92 Å². The van der Waals surface area contributed by atoms with Crippen molar-refractivity contribution >= 4 is 15.7 Å². The van der Waals surface area contributed by atoms with Gasteiger partial charge in [0, 0.05) is 51.3 Å². The van der Waals surface area contributed by atoms with E-state index in [9.17, 15) is 17.2 Å². The van der Waals surface area contributed by atoms with E-state index in [0.29, 0.717) is 0 Å². The second-order valence-corrected chi connectivity index (χ2v) is 8.02. The summed E-state index contributed by atoms with van der Waals surface area (Å²) in [6.45, 7) is 4.02. The van der Waals surface area contributed by atoms with Crippen LogP contribution < -0.4 is 10.0 Å². The van der Waals surface area contributed by atoms with Crippen LogP contribution in [0.2, 0.25) is 0 Å². The van der Waals surface area contributed by atoms with Crippen molar-refractivity contribution in [3.63, 3.8) is 0 Å². The monoisotopic (exact) mass is 345 g/mol. The topological polar surface area (TPSA) is 66.6 Å². The fraction of sp³-hybridized carbons (Fsp3) is 0.600. The Labute approximate surface area is 135 Å². The Kier molecular flexibility index (Phi) is 4.33. The van der Waals surface area contributed by atoms with Gasteiger partial charge in [-0.05, 0) is 30.2 Å². The first kappa shape index (κ1) is 16.6. The van der Waals surface area contributed by atoms with Crippen LogP contribution in [-0.2, 0) is 10.0 Å². The van der Waals surface area contributed by atoms with E-state index >= 15 is 0 Å². The standard InChI is InChI=1S/C15H21F2N3O2S/c16-15(17)9-12(10-15)11-19-5-7-20(8-6-19)13-1-3-14(4-2-13)23(18,21)22/h1-4,12H,5-11H2,(H2,18,21,22). The summed E-state index contributed by atoms with van der Waals surface area (Å²) in [6.07, 6.45) is 0.0322. The van der Waals surface area contributed by atoms with Crippen LogP contribution in [0.3, 0.4) is 0 Å². The Balaban J connectivity index is 1.51. The van der Waals surface area contributed by atoms with Crippen molar-refractivity contribution in [2.45, 2.75) is 23.7 Å². The van der Waals surface area contributed by atoms with Gasteiger partial charge in [-0.3, -0.25) is 4.90 Å². The van der Waals surface area contributed by atoms with Crippen molar-refractivity contribution in [3.05, 3.63) is 24.3 Å². The van der Waals surface area contributed by atoms with E-state index in [2.05, 4.69) is 9.80 Å². The van der Waals surface area contributed by atoms with Crippen LogP contribution in [0.4, 0.5) is 14.5 Å². The number of piperazine rings is 1. The second-order valence-electron chi connectivity index (χ2n) is 6.46. The third-order valence-corrected chi connectivity index (χ3v) is 5.52. The van der Waals surface area contributed by atoms with E-state index < -0.39 is 15.9 Å². The third-order valence-electron chi connectivity index (χ3n) is 4.59. The molecular weight excluding hydrogens is 324 g/mol. The van der Waals surface area contributed by atoms with Crippen LogP contribution in [-0.4, -0.2) is 52.0 Å². The average molecular weight is 345 g/mol. The van der Waals surface area contributed by atoms with Crippen molar-refractivity contribution in [2.75, 3.05) is 37.6 Å². The molecule has 2 fully saturated rings. The number of nitrogens with zero attached hydrogens (tertiary/aromatic N) is 2. The number of sulfonamides is 1. The highest BCUT2D eigenvalue weighted by atomic mass is 32.2. The Morgan fingerprint density at radius 2 is 1.65 bits per heavy atom. The number of halogens is 2. The molecule has 0 amide bonds. The zero-order chi connectivity index (χ0) is 16.7. The number of hydrogen-bond donors (Lipinski definition) is 1. The lowest BCUT2D eigenvalue weighted by Crippen LogP contribution is -2.50. The van der Waals surface area contributed by atoms with Gasteiger partial charge in [0.15, 0.2) is 0 Å². The summed E-state index contributed by atoms with van der Waals surface area (Å²) in [5, 5.41) is 5.09. The number of rotatable bonds is 4. The van der Waals surface area contributed by atoms with E-state index in [1.807, 2.05) is 0 Å². The fourth-order valence-corrected chi connectivity index (χ4v) is 3.83. The zero-order valence-electron chi connectivity index (χ0n) is 12.8. The van der Waals surface area contributed by atoms with Gasteiger partial charge in [0.05, 0.1) is 4.90 Å². The van der Waals surface area contributed by atoms with Gasteiger partial charge >= 0.3 is 0 Å². The smallest absolute Gasteiger partial charge is 0.248 e. The van der Waals surface area contributed by atoms with Crippen molar-refractivity contribution in [2.24, 2.45) is 11.1 Å². The average Bonchev–Trinajstić information content (AvgIpc) is 2.45. The molecule has 2 aliphatic rings. The van der Waals surface area contributed by atoms with Crippen LogP contribution in [0.5, 0.6) is 0 Å². The first-order valence-electron chi connectivity index (χ1n) is 7.71. The molecule has 128 valence electrons. The first-order valence-corrected chi connectivity index (χ1v) is 9.26. The molecule has 0 spiro atoms. The lowest BCUT2D eigenvalue weighted by Gasteiger charge is -2.41. The molecule has 1 saturated carbocycles. The summed E-state index contributed by atoms with van der Waals surface area (Å²) < 4.78 is 48.2. The Morgan fingerprint density at radius 1 is 1.09 bits per heavy atom. The molecule has 0 atom stereocenters. The molecule has 1 heterocycles. The first-order chi connectivity index (χ1) is 10.7. The van der Waals surface area contributed by atoms with Gasteiger partial charge < -0.3 is 4.90 Å². The maximum absolute atomic E-state index is 12.9. The SMILES string of the molecule is NS(=O)(=O)c1ccc(N2CCN(CC3CC(F)(F)C3)CC2)cc1. The summed E-state index contributed by atoms with van der Waals surface area (Å²) in [5.74, 6) is -2.33. The van der Waals surface area contributed by atoms with Gasteiger partial charge in [0.25, 0.3) is 0 Å². The summed E-state index contributed by atoms with van der Waals surface area (Å²) in [6, 6.07) is 6.52. The molecule has 1 aliphatic carbocycles. The van der Waals surface area contributed by atoms with Gasteiger partial charge in [-0.1, -0.05) is 0 Å². The van der Waals surface area contributed by atoms with Gasteiger partial charge in [-0.25, -0.2) is 22.3 Å². The van der Waals surface area contributed by atoms with E-state index in [1.54, 1.807) is 12.1 Å². The predicted molar refractivity (Wildman–Crippen MR) is 84.1 cm³/mol. The van der Waals surface area contributed by atoms with Gasteiger partial charge in [-0.2, -0.15) is 0 Å². The van der Waals surface area contributed by atoms with Gasteiger partial charge in [0.1, 0.15) is 0 Å². The summed E-state index contributed by atoms with van der Waals surface area (Å²) in [4.78, 5) is 4.50. The zero-order valence-corrected chi connectivity index (χ0v) is 13.6. The minimum Gasteiger partial charge on any atom is -0.369 e. The summed E-state index contributed by atoms with van der Waals surface area (Å²) in [5.41, 5.74) is 0.951. The molecule has 1 aromatic carbocycles.